The summed E-state index contributed by atoms with van der Waals surface area (Å²) in [4.78, 5) is 11.0. The van der Waals surface area contributed by atoms with Gasteiger partial charge in [0.1, 0.15) is 6.61 Å². The molecule has 0 amide bonds. The Morgan fingerprint density at radius 2 is 1.61 bits per heavy atom. The van der Waals surface area contributed by atoms with Crippen LogP contribution in [0.4, 0.5) is 0 Å². The first-order valence-electron chi connectivity index (χ1n) is 7.86. The molecular weight excluding hydrogens is 288 g/mol. The van der Waals surface area contributed by atoms with Crippen molar-refractivity contribution in [3.8, 4) is 5.75 Å². The van der Waals surface area contributed by atoms with E-state index in [1.54, 1.807) is 0 Å². The van der Waals surface area contributed by atoms with Gasteiger partial charge in [-0.3, -0.25) is 0 Å². The van der Waals surface area contributed by atoms with Crippen molar-refractivity contribution in [3.05, 3.63) is 77.9 Å². The maximum Gasteiger partial charge on any atom is 0.173 e. The van der Waals surface area contributed by atoms with Gasteiger partial charge in [-0.05, 0) is 22.6 Å². The Labute approximate surface area is 135 Å². The molecule has 3 aromatic carbocycles. The Kier molecular flexibility index (Phi) is 3.97. The Bertz CT molecular complexity index is 794. The highest BCUT2D eigenvalue weighted by atomic mass is 17.2. The van der Waals surface area contributed by atoms with Crippen molar-refractivity contribution in [3.63, 3.8) is 0 Å². The maximum atomic E-state index is 5.57. The molecule has 0 N–H and O–H groups in total. The summed E-state index contributed by atoms with van der Waals surface area (Å²) < 4.78 is 5.35. The van der Waals surface area contributed by atoms with Crippen LogP contribution in [0.5, 0.6) is 5.75 Å². The summed E-state index contributed by atoms with van der Waals surface area (Å²) in [5.74, 6) is 0.747. The van der Waals surface area contributed by atoms with E-state index in [9.17, 15) is 0 Å². The molecule has 1 saturated heterocycles. The molecule has 3 nitrogen and oxygen atoms in total. The van der Waals surface area contributed by atoms with E-state index in [-0.39, 0.29) is 0 Å². The third-order valence-electron chi connectivity index (χ3n) is 4.04. The van der Waals surface area contributed by atoms with E-state index < -0.39 is 0 Å². The first-order chi connectivity index (χ1) is 11.4. The van der Waals surface area contributed by atoms with Gasteiger partial charge < -0.3 is 9.62 Å². The fourth-order valence-corrected chi connectivity index (χ4v) is 2.75. The van der Waals surface area contributed by atoms with Crippen LogP contribution in [-0.4, -0.2) is 12.7 Å². The predicted octanol–water partition coefficient (Wildman–Crippen LogP) is 4.29. The molecule has 1 heterocycles. The van der Waals surface area contributed by atoms with Gasteiger partial charge in [0.05, 0.1) is 12.7 Å². The third kappa shape index (κ3) is 3.36. The molecule has 0 aliphatic carbocycles. The number of hydrogen-bond acceptors (Lipinski definition) is 3. The summed E-state index contributed by atoms with van der Waals surface area (Å²) >= 11 is 0. The normalized spacial score (nSPS) is 16.4. The molecule has 1 fully saturated rings. The van der Waals surface area contributed by atoms with Gasteiger partial charge in [0.15, 0.2) is 5.75 Å². The molecule has 0 bridgehead atoms. The van der Waals surface area contributed by atoms with Crippen molar-refractivity contribution >= 4 is 10.8 Å². The zero-order chi connectivity index (χ0) is 15.5. The summed E-state index contributed by atoms with van der Waals surface area (Å²) in [7, 11) is 0. The quantitative estimate of drug-likeness (QED) is 0.387. The summed E-state index contributed by atoms with van der Waals surface area (Å²) in [6.07, 6.45) is 1.32. The Hall–Kier alpha value is -2.36. The standard InChI is InChI=1S/C20H18O3/c1-2-6-15(7-3-1)13-22-23-20-11-10-16(12-17-14-21-17)18-8-4-5-9-19(18)20/h1-11,17H,12-14H2. The molecule has 0 aromatic heterocycles. The SMILES string of the molecule is c1ccc(COOc2ccc(CC3CO3)c3ccccc23)cc1. The van der Waals surface area contributed by atoms with Crippen LogP contribution < -0.4 is 4.89 Å². The molecule has 3 aromatic rings. The third-order valence-corrected chi connectivity index (χ3v) is 4.04. The highest BCUT2D eigenvalue weighted by Gasteiger charge is 2.23. The van der Waals surface area contributed by atoms with Crippen molar-refractivity contribution in [2.45, 2.75) is 19.1 Å². The molecule has 1 aliphatic rings. The van der Waals surface area contributed by atoms with Gasteiger partial charge in [-0.15, -0.1) is 0 Å². The van der Waals surface area contributed by atoms with Crippen LogP contribution in [0.3, 0.4) is 0 Å². The molecule has 4 rings (SSSR count). The zero-order valence-electron chi connectivity index (χ0n) is 12.8. The van der Waals surface area contributed by atoms with E-state index in [0.717, 1.165) is 29.7 Å². The van der Waals surface area contributed by atoms with Gasteiger partial charge in [-0.1, -0.05) is 60.7 Å². The van der Waals surface area contributed by atoms with Gasteiger partial charge in [0.25, 0.3) is 0 Å². The molecule has 0 spiro atoms. The van der Waals surface area contributed by atoms with Crippen LogP contribution in [-0.2, 0) is 22.7 Å². The van der Waals surface area contributed by atoms with Gasteiger partial charge in [-0.25, -0.2) is 0 Å². The first kappa shape index (κ1) is 14.2. The molecule has 1 unspecified atom stereocenters. The average molecular weight is 306 g/mol. The lowest BCUT2D eigenvalue weighted by Gasteiger charge is -2.11. The smallest absolute Gasteiger partial charge is 0.173 e. The minimum absolute atomic E-state index is 0.375. The van der Waals surface area contributed by atoms with Crippen LogP contribution in [0, 0.1) is 0 Å². The predicted molar refractivity (Wildman–Crippen MR) is 89.3 cm³/mol. The summed E-state index contributed by atoms with van der Waals surface area (Å²) in [6.45, 7) is 1.29. The van der Waals surface area contributed by atoms with E-state index in [2.05, 4.69) is 18.2 Å². The van der Waals surface area contributed by atoms with Gasteiger partial charge in [0.2, 0.25) is 0 Å². The number of epoxide rings is 1. The molecular formula is C20H18O3. The van der Waals surface area contributed by atoms with Crippen molar-refractivity contribution < 1.29 is 14.5 Å². The lowest BCUT2D eigenvalue weighted by molar-refractivity contribution is -0.216. The summed E-state index contributed by atoms with van der Waals surface area (Å²) in [5.41, 5.74) is 2.37. The van der Waals surface area contributed by atoms with E-state index in [1.807, 2.05) is 48.5 Å². The highest BCUT2D eigenvalue weighted by Crippen LogP contribution is 2.31. The van der Waals surface area contributed by atoms with Gasteiger partial charge in [-0.2, -0.15) is 4.89 Å². The molecule has 116 valence electrons. The first-order valence-corrected chi connectivity index (χ1v) is 7.86. The van der Waals surface area contributed by atoms with Gasteiger partial charge >= 0.3 is 0 Å². The number of fused-ring (bicyclic) bond motifs is 1. The van der Waals surface area contributed by atoms with Crippen LogP contribution in [0.15, 0.2) is 66.7 Å². The summed E-state index contributed by atoms with van der Waals surface area (Å²) in [6, 6.07) is 22.3. The molecule has 0 saturated carbocycles. The Morgan fingerprint density at radius 3 is 2.39 bits per heavy atom. The Morgan fingerprint density at radius 1 is 0.870 bits per heavy atom. The largest absolute Gasteiger partial charge is 0.373 e. The number of benzene rings is 3. The second-order valence-corrected chi connectivity index (χ2v) is 5.76. The lowest BCUT2D eigenvalue weighted by Crippen LogP contribution is -2.00. The van der Waals surface area contributed by atoms with E-state index >= 15 is 0 Å². The van der Waals surface area contributed by atoms with Crippen LogP contribution in [0.25, 0.3) is 10.8 Å². The topological polar surface area (TPSA) is 31.0 Å². The van der Waals surface area contributed by atoms with Crippen LogP contribution in [0.2, 0.25) is 0 Å². The second-order valence-electron chi connectivity index (χ2n) is 5.76. The van der Waals surface area contributed by atoms with Crippen molar-refractivity contribution in [2.24, 2.45) is 0 Å². The molecule has 1 aliphatic heterocycles. The summed E-state index contributed by atoms with van der Waals surface area (Å²) in [5, 5.41) is 2.27. The Balaban J connectivity index is 1.53. The number of rotatable bonds is 6. The van der Waals surface area contributed by atoms with Crippen molar-refractivity contribution in [1.82, 2.24) is 0 Å². The molecule has 1 atom stereocenters. The van der Waals surface area contributed by atoms with Crippen molar-refractivity contribution in [2.75, 3.05) is 6.61 Å². The monoisotopic (exact) mass is 306 g/mol. The van der Waals surface area contributed by atoms with Crippen LogP contribution in [0.1, 0.15) is 11.1 Å². The minimum Gasteiger partial charge on any atom is -0.373 e. The number of ether oxygens (including phenoxy) is 1. The maximum absolute atomic E-state index is 5.57. The average Bonchev–Trinajstić information content (AvgIpc) is 3.42. The highest BCUT2D eigenvalue weighted by molar-refractivity contribution is 5.91. The molecule has 23 heavy (non-hydrogen) atoms. The lowest BCUT2D eigenvalue weighted by atomic mass is 10.0. The fourth-order valence-electron chi connectivity index (χ4n) is 2.75. The number of hydrogen-bond donors (Lipinski definition) is 0. The van der Waals surface area contributed by atoms with E-state index in [1.165, 1.54) is 10.9 Å². The molecule has 0 radical (unpaired) electrons. The second kappa shape index (κ2) is 6.41. The van der Waals surface area contributed by atoms with Crippen molar-refractivity contribution in [1.29, 1.82) is 0 Å². The van der Waals surface area contributed by atoms with Crippen LogP contribution >= 0.6 is 0 Å². The zero-order valence-corrected chi connectivity index (χ0v) is 12.8. The van der Waals surface area contributed by atoms with E-state index in [0.29, 0.717) is 12.7 Å². The minimum atomic E-state index is 0.375. The fraction of sp³-hybridized carbons (Fsp3) is 0.200. The van der Waals surface area contributed by atoms with Gasteiger partial charge in [0, 0.05) is 11.8 Å². The molecule has 3 heteroatoms. The van der Waals surface area contributed by atoms with E-state index in [4.69, 9.17) is 14.5 Å².